The lowest BCUT2D eigenvalue weighted by Crippen LogP contribution is -2.12. The average Bonchev–Trinajstić information content (AvgIpc) is 3.40. The first kappa shape index (κ1) is 24.6. The van der Waals surface area contributed by atoms with Gasteiger partial charge in [0.2, 0.25) is 0 Å². The van der Waals surface area contributed by atoms with Gasteiger partial charge in [0.25, 0.3) is 0 Å². The largest absolute Gasteiger partial charge is 0.416 e. The summed E-state index contributed by atoms with van der Waals surface area (Å²) in [5.41, 5.74) is 1.96. The van der Waals surface area contributed by atoms with E-state index in [-0.39, 0.29) is 10.6 Å². The maximum atomic E-state index is 13.2. The molecule has 0 saturated heterocycles. The number of fused-ring (bicyclic) bond motifs is 1. The summed E-state index contributed by atoms with van der Waals surface area (Å²) in [6.07, 6.45) is 9.85. The van der Waals surface area contributed by atoms with Crippen LogP contribution in [-0.4, -0.2) is 25.9 Å². The fraction of sp³-hybridized carbons (Fsp3) is 0.280. The highest BCUT2D eigenvalue weighted by molar-refractivity contribution is 6.31. The van der Waals surface area contributed by atoms with Crippen molar-refractivity contribution in [1.29, 1.82) is 0 Å². The molecule has 0 fully saturated rings. The number of nitrogens with one attached hydrogen (secondary N) is 1. The molecule has 0 amide bonds. The van der Waals surface area contributed by atoms with E-state index in [1.807, 2.05) is 23.1 Å². The van der Waals surface area contributed by atoms with Gasteiger partial charge < -0.3 is 4.98 Å². The quantitative estimate of drug-likeness (QED) is 0.319. The Hall–Kier alpha value is -3.06. The number of aromatic amines is 1. The minimum Gasteiger partial charge on any atom is -0.346 e. The number of hydrogen-bond acceptors (Lipinski definition) is 2. The normalized spacial score (nSPS) is 13.7. The van der Waals surface area contributed by atoms with Crippen molar-refractivity contribution in [2.75, 3.05) is 0 Å². The lowest BCUT2D eigenvalue weighted by atomic mass is 10.0. The third-order valence-electron chi connectivity index (χ3n) is 5.41. The fourth-order valence-corrected chi connectivity index (χ4v) is 3.73. The first-order chi connectivity index (χ1) is 15.6. The first-order valence-corrected chi connectivity index (χ1v) is 11.0. The number of aromatic nitrogens is 4. The topological polar surface area (TPSA) is 46.5 Å². The molecule has 0 spiro atoms. The molecule has 0 radical (unpaired) electrons. The predicted molar refractivity (Wildman–Crippen MR) is 129 cm³/mol. The number of pyridine rings is 1. The van der Waals surface area contributed by atoms with Gasteiger partial charge in [-0.3, -0.25) is 4.68 Å². The molecule has 1 unspecified atom stereocenters. The molecular formula is C25H26ClF3N4. The van der Waals surface area contributed by atoms with Gasteiger partial charge in [-0.1, -0.05) is 57.2 Å². The fourth-order valence-electron chi connectivity index (χ4n) is 3.61. The van der Waals surface area contributed by atoms with Crippen molar-refractivity contribution in [2.24, 2.45) is 0 Å². The van der Waals surface area contributed by atoms with Gasteiger partial charge >= 0.3 is 6.18 Å². The van der Waals surface area contributed by atoms with Gasteiger partial charge in [-0.2, -0.15) is 18.3 Å². The van der Waals surface area contributed by atoms with Gasteiger partial charge in [-0.05, 0) is 30.6 Å². The molecule has 33 heavy (non-hydrogen) atoms. The van der Waals surface area contributed by atoms with E-state index in [0.29, 0.717) is 17.3 Å². The number of rotatable bonds is 9. The minimum atomic E-state index is -4.58. The van der Waals surface area contributed by atoms with Crippen LogP contribution in [0.4, 0.5) is 13.2 Å². The molecule has 0 saturated carbocycles. The summed E-state index contributed by atoms with van der Waals surface area (Å²) in [7, 11) is 0. The number of nitrogens with zero attached hydrogens (tertiary/aromatic N) is 3. The van der Waals surface area contributed by atoms with Gasteiger partial charge in [0.1, 0.15) is 5.65 Å². The zero-order chi connectivity index (χ0) is 24.2. The van der Waals surface area contributed by atoms with E-state index in [1.54, 1.807) is 18.5 Å². The molecule has 3 aromatic rings. The molecule has 0 aliphatic heterocycles. The standard InChI is InChI=1S/C25H26ClF3N4/c1-5-7-22(6-2)33-15-21(14-32-33)20-11-23-19(12-30-24(23)31-13-20)9-8-18(10-16(3)26)17(4)25(27,28)29/h8-15,22H,3-7H2,1-2H3,(H,30,31). The summed E-state index contributed by atoms with van der Waals surface area (Å²) in [5.74, 6) is 0. The Labute approximate surface area is 196 Å². The third kappa shape index (κ3) is 5.85. The molecule has 0 bridgehead atoms. The Morgan fingerprint density at radius 3 is 2.64 bits per heavy atom. The van der Waals surface area contributed by atoms with Crippen LogP contribution in [0.2, 0.25) is 0 Å². The smallest absolute Gasteiger partial charge is 0.346 e. The maximum absolute atomic E-state index is 13.2. The van der Waals surface area contributed by atoms with Gasteiger partial charge in [0.05, 0.1) is 17.8 Å². The Kier molecular flexibility index (Phi) is 7.64. The van der Waals surface area contributed by atoms with E-state index in [2.05, 4.69) is 42.1 Å². The van der Waals surface area contributed by atoms with Crippen molar-refractivity contribution in [3.63, 3.8) is 0 Å². The molecule has 8 heteroatoms. The van der Waals surface area contributed by atoms with Crippen LogP contribution < -0.4 is 0 Å². The Morgan fingerprint density at radius 2 is 2.00 bits per heavy atom. The molecule has 3 aromatic heterocycles. The number of halogens is 4. The highest BCUT2D eigenvalue weighted by atomic mass is 35.5. The summed E-state index contributed by atoms with van der Waals surface area (Å²) in [6, 6.07) is 2.29. The summed E-state index contributed by atoms with van der Waals surface area (Å²) in [4.78, 5) is 7.51. The van der Waals surface area contributed by atoms with Crippen LogP contribution in [0.25, 0.3) is 28.2 Å². The van der Waals surface area contributed by atoms with Gasteiger partial charge in [-0.25, -0.2) is 4.98 Å². The lowest BCUT2D eigenvalue weighted by Gasteiger charge is -2.13. The van der Waals surface area contributed by atoms with E-state index in [1.165, 1.54) is 6.08 Å². The summed E-state index contributed by atoms with van der Waals surface area (Å²) in [6.45, 7) is 10.9. The average molecular weight is 475 g/mol. The molecule has 3 heterocycles. The van der Waals surface area contributed by atoms with Crippen LogP contribution in [0.1, 0.15) is 44.7 Å². The molecule has 1 atom stereocenters. The molecular weight excluding hydrogens is 449 g/mol. The SMILES string of the molecule is C=C(Cl)C=C(C=Cc1c[nH]c2ncc(-c3cnn(C(CC)CCC)c3)cc12)C(=C)C(F)(F)F. The number of hydrogen-bond donors (Lipinski definition) is 1. The van der Waals surface area contributed by atoms with Crippen LogP contribution in [0.15, 0.2) is 72.3 Å². The Bertz CT molecular complexity index is 1210. The molecule has 0 aliphatic rings. The highest BCUT2D eigenvalue weighted by Gasteiger charge is 2.33. The van der Waals surface area contributed by atoms with E-state index in [4.69, 9.17) is 11.6 Å². The summed E-state index contributed by atoms with van der Waals surface area (Å²) in [5, 5.41) is 5.28. The zero-order valence-electron chi connectivity index (χ0n) is 18.6. The van der Waals surface area contributed by atoms with Gasteiger partial charge in [0, 0.05) is 45.7 Å². The molecule has 1 N–H and O–H groups in total. The van der Waals surface area contributed by atoms with E-state index in [9.17, 15) is 13.2 Å². The molecule has 0 aromatic carbocycles. The van der Waals surface area contributed by atoms with Crippen LogP contribution >= 0.6 is 11.6 Å². The zero-order valence-corrected chi connectivity index (χ0v) is 19.3. The third-order valence-corrected chi connectivity index (χ3v) is 5.52. The second kappa shape index (κ2) is 10.3. The van der Waals surface area contributed by atoms with Crippen molar-refractivity contribution >= 4 is 28.7 Å². The minimum absolute atomic E-state index is 0.0200. The van der Waals surface area contributed by atoms with E-state index >= 15 is 0 Å². The van der Waals surface area contributed by atoms with Gasteiger partial charge in [-0.15, -0.1) is 0 Å². The van der Waals surface area contributed by atoms with E-state index < -0.39 is 11.7 Å². The molecule has 3 rings (SSSR count). The van der Waals surface area contributed by atoms with Crippen LogP contribution in [0.5, 0.6) is 0 Å². The van der Waals surface area contributed by atoms with Crippen molar-refractivity contribution in [1.82, 2.24) is 19.7 Å². The van der Waals surface area contributed by atoms with Crippen LogP contribution in [-0.2, 0) is 0 Å². The number of alkyl halides is 3. The molecule has 0 aliphatic carbocycles. The second-order valence-electron chi connectivity index (χ2n) is 7.78. The van der Waals surface area contributed by atoms with Crippen LogP contribution in [0, 0.1) is 0 Å². The summed E-state index contributed by atoms with van der Waals surface area (Å²) >= 11 is 5.73. The van der Waals surface area contributed by atoms with Crippen molar-refractivity contribution in [2.45, 2.75) is 45.3 Å². The van der Waals surface area contributed by atoms with Crippen molar-refractivity contribution < 1.29 is 13.2 Å². The molecule has 4 nitrogen and oxygen atoms in total. The van der Waals surface area contributed by atoms with Gasteiger partial charge in [0.15, 0.2) is 0 Å². The van der Waals surface area contributed by atoms with E-state index in [0.717, 1.165) is 41.9 Å². The maximum Gasteiger partial charge on any atom is 0.416 e. The van der Waals surface area contributed by atoms with Crippen molar-refractivity contribution in [3.8, 4) is 11.1 Å². The summed E-state index contributed by atoms with van der Waals surface area (Å²) < 4.78 is 41.5. The van der Waals surface area contributed by atoms with Crippen molar-refractivity contribution in [3.05, 3.63) is 77.9 Å². The number of H-pyrrole nitrogens is 1. The predicted octanol–water partition coefficient (Wildman–Crippen LogP) is 7.99. The van der Waals surface area contributed by atoms with Crippen LogP contribution in [0.3, 0.4) is 0 Å². The Morgan fingerprint density at radius 1 is 1.24 bits per heavy atom. The first-order valence-electron chi connectivity index (χ1n) is 10.7. The lowest BCUT2D eigenvalue weighted by molar-refractivity contribution is -0.0886. The second-order valence-corrected chi connectivity index (χ2v) is 8.27. The Balaban J connectivity index is 1.95. The number of allylic oxidation sites excluding steroid dienone is 5. The monoisotopic (exact) mass is 474 g/mol. The molecule has 174 valence electrons. The highest BCUT2D eigenvalue weighted by Crippen LogP contribution is 2.32.